The van der Waals surface area contributed by atoms with Crippen molar-refractivity contribution in [2.75, 3.05) is 0 Å². The first kappa shape index (κ1) is 24.8. The Bertz CT molecular complexity index is 1300. The molecule has 0 spiro atoms. The Balaban J connectivity index is 0.00000137. The summed E-state index contributed by atoms with van der Waals surface area (Å²) in [5.41, 5.74) is 8.73. The molecule has 0 saturated heterocycles. The molecule has 4 aromatic carbocycles. The molecule has 0 N–H and O–H groups in total. The van der Waals surface area contributed by atoms with Gasteiger partial charge in [-0.05, 0) is 0 Å². The Labute approximate surface area is 221 Å². The maximum absolute atomic E-state index is 2.69. The molecule has 0 heterocycles. The van der Waals surface area contributed by atoms with Crippen LogP contribution in [0.4, 0.5) is 0 Å². The van der Waals surface area contributed by atoms with Gasteiger partial charge in [-0.15, -0.1) is 0 Å². The average Bonchev–Trinajstić information content (AvgIpc) is 3.51. The van der Waals surface area contributed by atoms with Gasteiger partial charge in [-0.2, -0.15) is 0 Å². The number of halogens is 2. The van der Waals surface area contributed by atoms with Crippen molar-refractivity contribution >= 4 is 3.26 Å². The zero-order valence-corrected chi connectivity index (χ0v) is 23.8. The molecule has 0 amide bonds. The molecule has 6 rings (SSSR count). The van der Waals surface area contributed by atoms with Gasteiger partial charge >= 0.3 is 198 Å². The molecule has 166 valence electrons. The van der Waals surface area contributed by atoms with Gasteiger partial charge in [0.05, 0.1) is 0 Å². The SMILES string of the molecule is C1=CC[C]([Hf+2](=[C](c2ccccc2)c2ccccc2)[CH]2c3ccccc3-c3ccccc32)=C1.[Cl-].[Cl-]. The first-order chi connectivity index (χ1) is 15.9. The summed E-state index contributed by atoms with van der Waals surface area (Å²) in [6.45, 7) is 0. The van der Waals surface area contributed by atoms with E-state index in [4.69, 9.17) is 0 Å². The van der Waals surface area contributed by atoms with E-state index in [-0.39, 0.29) is 24.8 Å². The van der Waals surface area contributed by atoms with Gasteiger partial charge in [0.1, 0.15) is 0 Å². The molecule has 0 aliphatic heterocycles. The molecule has 2 aliphatic carbocycles. The van der Waals surface area contributed by atoms with E-state index in [2.05, 4.69) is 127 Å². The van der Waals surface area contributed by atoms with Crippen LogP contribution in [0.25, 0.3) is 11.1 Å². The summed E-state index contributed by atoms with van der Waals surface area (Å²) in [6.07, 6.45) is 8.17. The quantitative estimate of drug-likeness (QED) is 0.296. The minimum absolute atomic E-state index is 0. The van der Waals surface area contributed by atoms with Gasteiger partial charge in [0, 0.05) is 0 Å². The van der Waals surface area contributed by atoms with Crippen LogP contribution in [0, 0.1) is 0 Å². The third-order valence-electron chi connectivity index (χ3n) is 6.63. The van der Waals surface area contributed by atoms with E-state index in [9.17, 15) is 0 Å². The van der Waals surface area contributed by atoms with Crippen LogP contribution in [-0.2, 0) is 21.0 Å². The Hall–Kier alpha value is -2.32. The summed E-state index contributed by atoms with van der Waals surface area (Å²) < 4.78 is 3.84. The van der Waals surface area contributed by atoms with Crippen LogP contribution in [0.2, 0.25) is 0 Å². The fourth-order valence-corrected chi connectivity index (χ4v) is 18.5. The van der Waals surface area contributed by atoms with Gasteiger partial charge in [-0.1, -0.05) is 0 Å². The number of hydrogen-bond donors (Lipinski definition) is 0. The van der Waals surface area contributed by atoms with Crippen molar-refractivity contribution in [3.05, 3.63) is 153 Å². The van der Waals surface area contributed by atoms with Gasteiger partial charge in [0.25, 0.3) is 0 Å². The molecule has 0 atom stereocenters. The molecule has 0 nitrogen and oxygen atoms in total. The van der Waals surface area contributed by atoms with E-state index in [1.54, 1.807) is 6.58 Å². The number of fused-ring (bicyclic) bond motifs is 3. The third-order valence-corrected chi connectivity index (χ3v) is 18.8. The van der Waals surface area contributed by atoms with Crippen molar-refractivity contribution in [3.63, 3.8) is 0 Å². The Morgan fingerprint density at radius 1 is 0.588 bits per heavy atom. The predicted molar refractivity (Wildman–Crippen MR) is 132 cm³/mol. The average molecular weight is 646 g/mol. The van der Waals surface area contributed by atoms with E-state index < -0.39 is 21.0 Å². The summed E-state index contributed by atoms with van der Waals surface area (Å²) >= 11 is -2.69. The minimum atomic E-state index is -2.69. The second-order valence-corrected chi connectivity index (χ2v) is 17.6. The van der Waals surface area contributed by atoms with Gasteiger partial charge in [-0.25, -0.2) is 0 Å². The maximum atomic E-state index is 2.44. The molecule has 4 aromatic rings. The van der Waals surface area contributed by atoms with Gasteiger partial charge in [0.2, 0.25) is 0 Å². The van der Waals surface area contributed by atoms with Crippen molar-refractivity contribution in [2.45, 2.75) is 10.1 Å². The second kappa shape index (κ2) is 11.0. The van der Waals surface area contributed by atoms with Crippen LogP contribution in [0.3, 0.4) is 0 Å². The molecule has 2 aliphatic rings. The van der Waals surface area contributed by atoms with E-state index in [1.807, 2.05) is 0 Å². The monoisotopic (exact) mass is 646 g/mol. The largest absolute Gasteiger partial charge is 1.00 e. The van der Waals surface area contributed by atoms with Gasteiger partial charge in [-0.3, -0.25) is 0 Å². The summed E-state index contributed by atoms with van der Waals surface area (Å²) in [6, 6.07) is 40.6. The van der Waals surface area contributed by atoms with Gasteiger partial charge in [0.15, 0.2) is 0 Å². The topological polar surface area (TPSA) is 0 Å². The molecule has 0 radical (unpaired) electrons. The molecule has 0 bridgehead atoms. The van der Waals surface area contributed by atoms with E-state index in [0.717, 1.165) is 6.42 Å². The zero-order valence-electron chi connectivity index (χ0n) is 18.7. The van der Waals surface area contributed by atoms with E-state index >= 15 is 0 Å². The summed E-state index contributed by atoms with van der Waals surface area (Å²) in [5.74, 6) is 0. The van der Waals surface area contributed by atoms with Crippen molar-refractivity contribution in [2.24, 2.45) is 0 Å². The standard InChI is InChI=1S/C13H9.C13H10.C5H5.2ClH.Hf/c1-3-7-12-10(5-1)9-11-6-2-4-8-13(11)12;1-3-7-12(8-4-1)11-13-9-5-2-6-10-13;1-2-4-5-3-1;;;/h1-9H;1-10H;1-3H,4H2;2*1H;/q;;;;;+2/p-2. The molecule has 0 aromatic heterocycles. The molecular weight excluding hydrogens is 622 g/mol. The molecule has 0 fully saturated rings. The Kier molecular flexibility index (Phi) is 7.99. The first-order valence-electron chi connectivity index (χ1n) is 11.3. The number of allylic oxidation sites excluding steroid dienone is 4. The predicted octanol–water partition coefficient (Wildman–Crippen LogP) is 1.50. The molecule has 34 heavy (non-hydrogen) atoms. The second-order valence-electron chi connectivity index (χ2n) is 8.45. The number of rotatable bonds is 4. The molecule has 0 saturated carbocycles. The smallest absolute Gasteiger partial charge is 1.00 e. The molecule has 0 unspecified atom stereocenters. The molecule has 3 heteroatoms. The van der Waals surface area contributed by atoms with Crippen LogP contribution < -0.4 is 24.8 Å². The van der Waals surface area contributed by atoms with Crippen LogP contribution in [0.5, 0.6) is 0 Å². The number of hydrogen-bond acceptors (Lipinski definition) is 0. The van der Waals surface area contributed by atoms with Crippen molar-refractivity contribution < 1.29 is 45.8 Å². The zero-order chi connectivity index (χ0) is 21.3. The van der Waals surface area contributed by atoms with Gasteiger partial charge < -0.3 is 24.8 Å². The van der Waals surface area contributed by atoms with E-state index in [0.29, 0.717) is 3.67 Å². The normalized spacial score (nSPS) is 13.0. The third kappa shape index (κ3) is 4.38. The summed E-state index contributed by atoms with van der Waals surface area (Å²) in [7, 11) is 0. The van der Waals surface area contributed by atoms with E-state index in [1.165, 1.54) is 33.4 Å². The fourth-order valence-electron chi connectivity index (χ4n) is 5.29. The van der Waals surface area contributed by atoms with Crippen molar-refractivity contribution in [1.29, 1.82) is 0 Å². The first-order valence-corrected chi connectivity index (χ1v) is 17.0. The fraction of sp³-hybridized carbons (Fsp3) is 0.0645. The van der Waals surface area contributed by atoms with Crippen molar-refractivity contribution in [3.8, 4) is 11.1 Å². The summed E-state index contributed by atoms with van der Waals surface area (Å²) in [4.78, 5) is 0. The molecular formula is C31H24Cl2Hf. The van der Waals surface area contributed by atoms with Crippen LogP contribution in [0.1, 0.15) is 32.3 Å². The minimum Gasteiger partial charge on any atom is -1.00 e. The van der Waals surface area contributed by atoms with Crippen LogP contribution >= 0.6 is 0 Å². The Morgan fingerprint density at radius 2 is 1.06 bits per heavy atom. The van der Waals surface area contributed by atoms with Crippen molar-refractivity contribution in [1.82, 2.24) is 0 Å². The van der Waals surface area contributed by atoms with Crippen LogP contribution in [-0.4, -0.2) is 3.26 Å². The van der Waals surface area contributed by atoms with Crippen LogP contribution in [0.15, 0.2) is 131 Å². The Morgan fingerprint density at radius 3 is 1.53 bits per heavy atom. The summed E-state index contributed by atoms with van der Waals surface area (Å²) in [5, 5.41) is 0. The number of benzene rings is 4. The maximum Gasteiger partial charge on any atom is -1.00 e.